The van der Waals surface area contributed by atoms with Crippen LogP contribution in [0.1, 0.15) is 36.7 Å². The molecule has 0 bridgehead atoms. The summed E-state index contributed by atoms with van der Waals surface area (Å²) < 4.78 is 0. The quantitative estimate of drug-likeness (QED) is 0.789. The maximum Gasteiger partial charge on any atom is 0.248 e. The van der Waals surface area contributed by atoms with Gasteiger partial charge in [-0.15, -0.1) is 0 Å². The highest BCUT2D eigenvalue weighted by atomic mass is 16.2. The number of anilines is 2. The Hall–Kier alpha value is -2.82. The smallest absolute Gasteiger partial charge is 0.248 e. The van der Waals surface area contributed by atoms with Gasteiger partial charge in [0.2, 0.25) is 11.8 Å². The molecule has 0 aliphatic rings. The van der Waals surface area contributed by atoms with Crippen molar-refractivity contribution in [2.45, 2.75) is 26.2 Å². The average molecular weight is 325 g/mol. The lowest BCUT2D eigenvalue weighted by Gasteiger charge is -2.23. The Balaban J connectivity index is 1.98. The van der Waals surface area contributed by atoms with E-state index in [-0.39, 0.29) is 17.9 Å². The largest absolute Gasteiger partial charge is 0.376 e. The second-order valence-corrected chi connectivity index (χ2v) is 6.64. The molecule has 2 aromatic rings. The highest BCUT2D eigenvalue weighted by molar-refractivity contribution is 5.96. The van der Waals surface area contributed by atoms with E-state index in [9.17, 15) is 9.59 Å². The zero-order valence-corrected chi connectivity index (χ0v) is 14.2. The van der Waals surface area contributed by atoms with E-state index in [0.717, 1.165) is 11.3 Å². The van der Waals surface area contributed by atoms with E-state index in [0.29, 0.717) is 11.3 Å². The number of carbonyl (C=O) groups is 2. The van der Waals surface area contributed by atoms with Crippen LogP contribution in [0.4, 0.5) is 11.4 Å². The predicted octanol–water partition coefficient (Wildman–Crippen LogP) is 3.13. The molecule has 0 radical (unpaired) electrons. The number of hydrogen-bond donors (Lipinski definition) is 3. The maximum atomic E-state index is 12.1. The van der Waals surface area contributed by atoms with E-state index in [1.165, 1.54) is 0 Å². The number of nitrogens with two attached hydrogens (primary N) is 1. The third-order valence-electron chi connectivity index (χ3n) is 3.63. The third kappa shape index (κ3) is 4.59. The minimum absolute atomic E-state index is 0.00926. The van der Waals surface area contributed by atoms with Crippen molar-refractivity contribution in [3.05, 3.63) is 59.7 Å². The molecule has 126 valence electrons. The average Bonchev–Trinajstić information content (AvgIpc) is 2.53. The van der Waals surface area contributed by atoms with Crippen molar-refractivity contribution in [3.63, 3.8) is 0 Å². The summed E-state index contributed by atoms with van der Waals surface area (Å²) in [4.78, 5) is 23.1. The summed E-state index contributed by atoms with van der Waals surface area (Å²) in [5.74, 6) is -0.654. The summed E-state index contributed by atoms with van der Waals surface area (Å²) >= 11 is 0. The second-order valence-electron chi connectivity index (χ2n) is 6.64. The van der Waals surface area contributed by atoms with Crippen LogP contribution in [0, 0.1) is 0 Å². The number of carbonyl (C=O) groups excluding carboxylic acids is 2. The molecule has 0 saturated heterocycles. The summed E-state index contributed by atoms with van der Waals surface area (Å²) in [6.45, 7) is 6.56. The van der Waals surface area contributed by atoms with Gasteiger partial charge in [0.15, 0.2) is 0 Å². The fourth-order valence-electron chi connectivity index (χ4n) is 2.39. The number of rotatable bonds is 5. The van der Waals surface area contributed by atoms with Gasteiger partial charge >= 0.3 is 0 Å². The van der Waals surface area contributed by atoms with Gasteiger partial charge in [0.25, 0.3) is 0 Å². The van der Waals surface area contributed by atoms with Crippen molar-refractivity contribution in [1.82, 2.24) is 0 Å². The monoisotopic (exact) mass is 325 g/mol. The molecule has 4 N–H and O–H groups in total. The Labute approximate surface area is 142 Å². The van der Waals surface area contributed by atoms with E-state index in [1.807, 2.05) is 18.2 Å². The molecule has 0 spiro atoms. The summed E-state index contributed by atoms with van der Waals surface area (Å²) in [5.41, 5.74) is 8.31. The topological polar surface area (TPSA) is 84.2 Å². The van der Waals surface area contributed by atoms with Gasteiger partial charge in [0.05, 0.1) is 6.54 Å². The molecule has 0 fully saturated rings. The van der Waals surface area contributed by atoms with Crippen LogP contribution in [0.5, 0.6) is 0 Å². The lowest BCUT2D eigenvalue weighted by Crippen LogP contribution is -2.23. The van der Waals surface area contributed by atoms with Crippen molar-refractivity contribution in [2.24, 2.45) is 5.73 Å². The van der Waals surface area contributed by atoms with Gasteiger partial charge in [0, 0.05) is 16.9 Å². The van der Waals surface area contributed by atoms with Gasteiger partial charge in [-0.2, -0.15) is 0 Å². The molecule has 2 amide bonds. The Morgan fingerprint density at radius 3 is 2.21 bits per heavy atom. The number of nitrogens with one attached hydrogen (secondary N) is 2. The Kier molecular flexibility index (Phi) is 5.24. The van der Waals surface area contributed by atoms with Crippen LogP contribution in [-0.4, -0.2) is 18.4 Å². The number of benzene rings is 2. The van der Waals surface area contributed by atoms with Crippen molar-refractivity contribution >= 4 is 23.2 Å². The fourth-order valence-corrected chi connectivity index (χ4v) is 2.39. The number of hydrogen-bond acceptors (Lipinski definition) is 3. The molecule has 2 aromatic carbocycles. The van der Waals surface area contributed by atoms with E-state index in [2.05, 4.69) is 37.5 Å². The summed E-state index contributed by atoms with van der Waals surface area (Å²) in [5, 5.41) is 5.97. The molecule has 0 aliphatic carbocycles. The molecule has 0 aliphatic heterocycles. The fraction of sp³-hybridized carbons (Fsp3) is 0.263. The van der Waals surface area contributed by atoms with E-state index in [4.69, 9.17) is 5.73 Å². The van der Waals surface area contributed by atoms with Crippen molar-refractivity contribution in [3.8, 4) is 0 Å². The van der Waals surface area contributed by atoms with Crippen LogP contribution < -0.4 is 16.4 Å². The first kappa shape index (κ1) is 17.5. The molecule has 5 heteroatoms. The van der Waals surface area contributed by atoms with Gasteiger partial charge in [-0.1, -0.05) is 39.0 Å². The standard InChI is InChI=1S/C19H23N3O2/c1-19(2,3)15-6-4-5-7-16(15)21-12-17(23)22-14-10-8-13(9-11-14)18(20)24/h4-11,21H,12H2,1-3H3,(H2,20,24)(H,22,23). The first-order valence-electron chi connectivity index (χ1n) is 7.80. The molecule has 0 saturated carbocycles. The third-order valence-corrected chi connectivity index (χ3v) is 3.63. The van der Waals surface area contributed by atoms with Crippen LogP contribution >= 0.6 is 0 Å². The van der Waals surface area contributed by atoms with Gasteiger partial charge in [-0.05, 0) is 41.3 Å². The highest BCUT2D eigenvalue weighted by Gasteiger charge is 2.17. The molecule has 0 unspecified atom stereocenters. The molecule has 2 rings (SSSR count). The van der Waals surface area contributed by atoms with Crippen molar-refractivity contribution in [1.29, 1.82) is 0 Å². The molecule has 0 aromatic heterocycles. The molecular weight excluding hydrogens is 302 g/mol. The number of para-hydroxylation sites is 1. The van der Waals surface area contributed by atoms with Crippen LogP contribution in [0.3, 0.4) is 0 Å². The van der Waals surface area contributed by atoms with Crippen molar-refractivity contribution in [2.75, 3.05) is 17.2 Å². The SMILES string of the molecule is CC(C)(C)c1ccccc1NCC(=O)Nc1ccc(C(N)=O)cc1. The second kappa shape index (κ2) is 7.17. The molecular formula is C19H23N3O2. The highest BCUT2D eigenvalue weighted by Crippen LogP contribution is 2.29. The van der Waals surface area contributed by atoms with E-state index < -0.39 is 5.91 Å². The summed E-state index contributed by atoms with van der Waals surface area (Å²) in [6.07, 6.45) is 0. The van der Waals surface area contributed by atoms with Crippen LogP contribution in [0.2, 0.25) is 0 Å². The number of primary amides is 1. The van der Waals surface area contributed by atoms with Gasteiger partial charge in [-0.25, -0.2) is 0 Å². The zero-order chi connectivity index (χ0) is 17.7. The first-order chi connectivity index (χ1) is 11.3. The van der Waals surface area contributed by atoms with Gasteiger partial charge in [0.1, 0.15) is 0 Å². The Morgan fingerprint density at radius 1 is 1.00 bits per heavy atom. The summed E-state index contributed by atoms with van der Waals surface area (Å²) in [7, 11) is 0. The lowest BCUT2D eigenvalue weighted by atomic mass is 9.86. The zero-order valence-electron chi connectivity index (χ0n) is 14.2. The summed E-state index contributed by atoms with van der Waals surface area (Å²) in [6, 6.07) is 14.4. The lowest BCUT2D eigenvalue weighted by molar-refractivity contribution is -0.114. The first-order valence-corrected chi connectivity index (χ1v) is 7.80. The normalized spacial score (nSPS) is 11.0. The van der Waals surface area contributed by atoms with Crippen LogP contribution in [0.15, 0.2) is 48.5 Å². The van der Waals surface area contributed by atoms with Crippen LogP contribution in [0.25, 0.3) is 0 Å². The van der Waals surface area contributed by atoms with Crippen LogP contribution in [-0.2, 0) is 10.2 Å². The Bertz CT molecular complexity index is 731. The molecule has 0 atom stereocenters. The van der Waals surface area contributed by atoms with Gasteiger partial charge < -0.3 is 16.4 Å². The maximum absolute atomic E-state index is 12.1. The predicted molar refractivity (Wildman–Crippen MR) is 97.2 cm³/mol. The molecule has 24 heavy (non-hydrogen) atoms. The molecule has 5 nitrogen and oxygen atoms in total. The van der Waals surface area contributed by atoms with E-state index >= 15 is 0 Å². The molecule has 0 heterocycles. The number of amides is 2. The van der Waals surface area contributed by atoms with E-state index in [1.54, 1.807) is 24.3 Å². The Morgan fingerprint density at radius 2 is 1.62 bits per heavy atom. The minimum Gasteiger partial charge on any atom is -0.376 e. The minimum atomic E-state index is -0.492. The van der Waals surface area contributed by atoms with Gasteiger partial charge in [-0.3, -0.25) is 9.59 Å². The van der Waals surface area contributed by atoms with Crippen molar-refractivity contribution < 1.29 is 9.59 Å².